The Morgan fingerprint density at radius 3 is 2.85 bits per heavy atom. The van der Waals surface area contributed by atoms with E-state index in [0.717, 1.165) is 6.42 Å². The second kappa shape index (κ2) is 4.27. The maximum atomic E-state index is 11.3. The summed E-state index contributed by atoms with van der Waals surface area (Å²) in [4.78, 5) is 11.3. The van der Waals surface area contributed by atoms with Gasteiger partial charge in [0, 0.05) is 11.1 Å². The summed E-state index contributed by atoms with van der Waals surface area (Å²) >= 11 is 0. The third-order valence-corrected chi connectivity index (χ3v) is 1.95. The molecule has 0 aromatic rings. The molecule has 0 spiro atoms. The summed E-state index contributed by atoms with van der Waals surface area (Å²) in [6.45, 7) is 0.00103. The van der Waals surface area contributed by atoms with Gasteiger partial charge in [0.15, 0.2) is 0 Å². The van der Waals surface area contributed by atoms with Crippen molar-refractivity contribution in [2.45, 2.75) is 19.3 Å². The van der Waals surface area contributed by atoms with Crippen LogP contribution in [0.2, 0.25) is 0 Å². The van der Waals surface area contributed by atoms with Crippen LogP contribution in [0.5, 0.6) is 0 Å². The number of hydrogen-bond donors (Lipinski definition) is 1. The van der Waals surface area contributed by atoms with Gasteiger partial charge in [-0.1, -0.05) is 0 Å². The smallest absolute Gasteiger partial charge is 0.249 e. The molecule has 66 valence electrons. The van der Waals surface area contributed by atoms with Crippen LogP contribution in [-0.2, 0) is 4.79 Å². The average Bonchev–Trinajstić information content (AvgIpc) is 2.61. The normalized spacial score (nSPS) is 14.9. The van der Waals surface area contributed by atoms with Gasteiger partial charge in [-0.3, -0.25) is 4.79 Å². The van der Waals surface area contributed by atoms with Crippen LogP contribution >= 0.6 is 0 Å². The Morgan fingerprint density at radius 1 is 1.46 bits per heavy atom. The molecule has 4 nitrogen and oxygen atoms in total. The van der Waals surface area contributed by atoms with Crippen molar-refractivity contribution in [2.75, 3.05) is 6.54 Å². The lowest BCUT2D eigenvalue weighted by atomic mass is 10.1. The number of rotatable bonds is 2. The first-order valence-electron chi connectivity index (χ1n) is 4.07. The number of carbonyl (C=O) groups is 1. The Labute approximate surface area is 76.5 Å². The molecular formula is C9H9N3O. The molecule has 0 heterocycles. The van der Waals surface area contributed by atoms with Gasteiger partial charge in [0.1, 0.15) is 6.54 Å². The predicted octanol–water partition coefficient (Wildman–Crippen LogP) is 0.630. The van der Waals surface area contributed by atoms with Crippen LogP contribution in [0.1, 0.15) is 19.3 Å². The Balaban J connectivity index is 2.67. The van der Waals surface area contributed by atoms with E-state index in [9.17, 15) is 4.79 Å². The van der Waals surface area contributed by atoms with Crippen LogP contribution < -0.4 is 5.32 Å². The van der Waals surface area contributed by atoms with Gasteiger partial charge in [0.05, 0.1) is 12.1 Å². The van der Waals surface area contributed by atoms with Crippen LogP contribution in [0.3, 0.4) is 0 Å². The largest absolute Gasteiger partial charge is 0.339 e. The number of carbonyl (C=O) groups excluding carboxylic acids is 1. The summed E-state index contributed by atoms with van der Waals surface area (Å²) in [5.74, 6) is -0.268. The molecule has 0 radical (unpaired) electrons. The van der Waals surface area contributed by atoms with Gasteiger partial charge in [0.25, 0.3) is 0 Å². The molecule has 0 aromatic heterocycles. The first kappa shape index (κ1) is 9.28. The van der Waals surface area contributed by atoms with E-state index in [1.165, 1.54) is 0 Å². The summed E-state index contributed by atoms with van der Waals surface area (Å²) < 4.78 is 0. The van der Waals surface area contributed by atoms with Crippen molar-refractivity contribution in [3.63, 3.8) is 0 Å². The van der Waals surface area contributed by atoms with E-state index in [0.29, 0.717) is 24.0 Å². The molecule has 0 saturated carbocycles. The molecule has 0 aliphatic heterocycles. The highest BCUT2D eigenvalue weighted by Crippen LogP contribution is 2.25. The first-order valence-corrected chi connectivity index (χ1v) is 4.07. The van der Waals surface area contributed by atoms with E-state index in [1.54, 1.807) is 0 Å². The van der Waals surface area contributed by atoms with E-state index in [-0.39, 0.29) is 12.5 Å². The minimum absolute atomic E-state index is 0.00103. The Kier molecular flexibility index (Phi) is 3.05. The van der Waals surface area contributed by atoms with Gasteiger partial charge in [0.2, 0.25) is 5.91 Å². The molecule has 0 atom stereocenters. The Morgan fingerprint density at radius 2 is 2.23 bits per heavy atom. The number of nitrogens with zero attached hydrogens (tertiary/aromatic N) is 2. The molecule has 0 unspecified atom stereocenters. The Bertz CT molecular complexity index is 330. The number of nitriles is 2. The third-order valence-electron chi connectivity index (χ3n) is 1.95. The van der Waals surface area contributed by atoms with Crippen molar-refractivity contribution in [2.24, 2.45) is 0 Å². The molecule has 0 aromatic carbocycles. The molecular weight excluding hydrogens is 166 g/mol. The Hall–Kier alpha value is -1.81. The van der Waals surface area contributed by atoms with Gasteiger partial charge in [-0.15, -0.1) is 0 Å². The number of allylic oxidation sites excluding steroid dienone is 1. The van der Waals surface area contributed by atoms with Crippen molar-refractivity contribution < 1.29 is 4.79 Å². The lowest BCUT2D eigenvalue weighted by Crippen LogP contribution is -2.25. The topological polar surface area (TPSA) is 76.7 Å². The molecule has 1 rings (SSSR count). The lowest BCUT2D eigenvalue weighted by molar-refractivity contribution is -0.117. The number of nitrogens with one attached hydrogen (secondary N) is 1. The van der Waals surface area contributed by atoms with Gasteiger partial charge in [-0.05, 0) is 19.3 Å². The van der Waals surface area contributed by atoms with Crippen molar-refractivity contribution in [3.8, 4) is 12.1 Å². The van der Waals surface area contributed by atoms with Crippen molar-refractivity contribution in [1.82, 2.24) is 5.32 Å². The molecule has 4 heteroatoms. The summed E-state index contributed by atoms with van der Waals surface area (Å²) in [7, 11) is 0. The van der Waals surface area contributed by atoms with Crippen molar-refractivity contribution >= 4 is 5.91 Å². The second-order valence-corrected chi connectivity index (χ2v) is 2.76. The minimum atomic E-state index is -0.268. The standard InChI is InChI=1S/C9H9N3O/c10-4-5-12-9(13)8-3-1-2-7(8)6-11/h1-3,5H2,(H,12,13). The zero-order valence-corrected chi connectivity index (χ0v) is 7.13. The van der Waals surface area contributed by atoms with Crippen molar-refractivity contribution in [3.05, 3.63) is 11.1 Å². The molecule has 1 N–H and O–H groups in total. The molecule has 1 aliphatic carbocycles. The van der Waals surface area contributed by atoms with Gasteiger partial charge < -0.3 is 5.32 Å². The van der Waals surface area contributed by atoms with E-state index in [1.807, 2.05) is 12.1 Å². The van der Waals surface area contributed by atoms with Crippen molar-refractivity contribution in [1.29, 1.82) is 10.5 Å². The zero-order valence-electron chi connectivity index (χ0n) is 7.13. The SMILES string of the molecule is N#CCNC(=O)C1=C(C#N)CCC1. The average molecular weight is 175 g/mol. The monoisotopic (exact) mass is 175 g/mol. The third kappa shape index (κ3) is 2.07. The molecule has 0 fully saturated rings. The highest BCUT2D eigenvalue weighted by molar-refractivity contribution is 5.95. The minimum Gasteiger partial charge on any atom is -0.339 e. The second-order valence-electron chi connectivity index (χ2n) is 2.76. The number of hydrogen-bond acceptors (Lipinski definition) is 3. The van der Waals surface area contributed by atoms with Crippen LogP contribution in [-0.4, -0.2) is 12.5 Å². The highest BCUT2D eigenvalue weighted by Gasteiger charge is 2.19. The van der Waals surface area contributed by atoms with Crippen LogP contribution in [0, 0.1) is 22.7 Å². The van der Waals surface area contributed by atoms with E-state index in [2.05, 4.69) is 5.32 Å². The molecule has 0 bridgehead atoms. The molecule has 1 amide bonds. The molecule has 13 heavy (non-hydrogen) atoms. The summed E-state index contributed by atoms with van der Waals surface area (Å²) in [6, 6.07) is 3.82. The van der Waals surface area contributed by atoms with Gasteiger partial charge >= 0.3 is 0 Å². The van der Waals surface area contributed by atoms with Crippen LogP contribution in [0.25, 0.3) is 0 Å². The van der Waals surface area contributed by atoms with E-state index >= 15 is 0 Å². The number of amides is 1. The fourth-order valence-corrected chi connectivity index (χ4v) is 1.34. The summed E-state index contributed by atoms with van der Waals surface area (Å²) in [6.07, 6.45) is 2.20. The van der Waals surface area contributed by atoms with E-state index < -0.39 is 0 Å². The quantitative estimate of drug-likeness (QED) is 0.625. The maximum absolute atomic E-state index is 11.3. The highest BCUT2D eigenvalue weighted by atomic mass is 16.1. The van der Waals surface area contributed by atoms with Gasteiger partial charge in [-0.25, -0.2) is 0 Å². The molecule has 0 saturated heterocycles. The summed E-state index contributed by atoms with van der Waals surface area (Å²) in [5.41, 5.74) is 1.12. The van der Waals surface area contributed by atoms with E-state index in [4.69, 9.17) is 10.5 Å². The predicted molar refractivity (Wildman–Crippen MR) is 45.1 cm³/mol. The van der Waals surface area contributed by atoms with Gasteiger partial charge in [-0.2, -0.15) is 10.5 Å². The summed E-state index contributed by atoms with van der Waals surface area (Å²) in [5, 5.41) is 19.3. The lowest BCUT2D eigenvalue weighted by Gasteiger charge is -2.00. The van der Waals surface area contributed by atoms with Crippen LogP contribution in [0.4, 0.5) is 0 Å². The van der Waals surface area contributed by atoms with Crippen LogP contribution in [0.15, 0.2) is 11.1 Å². The maximum Gasteiger partial charge on any atom is 0.249 e. The fourth-order valence-electron chi connectivity index (χ4n) is 1.34. The molecule has 1 aliphatic rings. The fraction of sp³-hybridized carbons (Fsp3) is 0.444. The zero-order chi connectivity index (χ0) is 9.68. The first-order chi connectivity index (χ1) is 6.29.